The predicted molar refractivity (Wildman–Crippen MR) is 92.8 cm³/mol. The molecule has 126 valence electrons. The van der Waals surface area contributed by atoms with Crippen molar-refractivity contribution in [3.05, 3.63) is 60.2 Å². The molecule has 3 rings (SSSR count). The van der Waals surface area contributed by atoms with Crippen molar-refractivity contribution in [3.8, 4) is 0 Å². The van der Waals surface area contributed by atoms with Gasteiger partial charge in [-0.05, 0) is 36.1 Å². The summed E-state index contributed by atoms with van der Waals surface area (Å²) >= 11 is 0. The van der Waals surface area contributed by atoms with Crippen LogP contribution in [0.4, 0.5) is 5.69 Å². The molecule has 0 heterocycles. The third-order valence-corrected chi connectivity index (χ3v) is 5.60. The van der Waals surface area contributed by atoms with Gasteiger partial charge in [-0.2, -0.15) is 0 Å². The quantitative estimate of drug-likeness (QED) is 0.846. The van der Waals surface area contributed by atoms with Gasteiger partial charge < -0.3 is 5.32 Å². The number of carbonyl (C=O) groups is 1. The van der Waals surface area contributed by atoms with Crippen LogP contribution in [0.15, 0.2) is 59.5 Å². The van der Waals surface area contributed by atoms with Gasteiger partial charge in [0.1, 0.15) is 0 Å². The smallest absolute Gasteiger partial charge is 0.261 e. The predicted octanol–water partition coefficient (Wildman–Crippen LogP) is 2.76. The van der Waals surface area contributed by atoms with Crippen molar-refractivity contribution < 1.29 is 13.2 Å². The van der Waals surface area contributed by atoms with Crippen molar-refractivity contribution >= 4 is 21.6 Å². The average molecular weight is 344 g/mol. The maximum Gasteiger partial charge on any atom is 0.261 e. The lowest BCUT2D eigenvalue weighted by Gasteiger charge is -2.13. The third-order valence-electron chi connectivity index (χ3n) is 4.21. The molecule has 1 amide bonds. The Balaban J connectivity index is 1.73. The number of nitrogens with one attached hydrogen (secondary N) is 2. The molecule has 1 fully saturated rings. The fraction of sp³-hybridized carbons (Fsp3) is 0.278. The van der Waals surface area contributed by atoms with E-state index in [2.05, 4.69) is 10.0 Å². The van der Waals surface area contributed by atoms with Crippen LogP contribution in [0.2, 0.25) is 0 Å². The zero-order valence-corrected chi connectivity index (χ0v) is 14.2. The van der Waals surface area contributed by atoms with Crippen molar-refractivity contribution in [2.45, 2.75) is 24.8 Å². The first kappa shape index (κ1) is 16.5. The molecule has 0 saturated heterocycles. The summed E-state index contributed by atoms with van der Waals surface area (Å²) in [6.07, 6.45) is 0.925. The molecule has 2 N–H and O–H groups in total. The Labute approximate surface area is 142 Å². The summed E-state index contributed by atoms with van der Waals surface area (Å²) < 4.78 is 27.5. The third kappa shape index (κ3) is 3.76. The molecule has 0 aliphatic heterocycles. The van der Waals surface area contributed by atoms with Gasteiger partial charge in [-0.3, -0.25) is 9.52 Å². The second-order valence-electron chi connectivity index (χ2n) is 6.11. The van der Waals surface area contributed by atoms with Crippen LogP contribution in [-0.2, 0) is 21.4 Å². The first-order valence-electron chi connectivity index (χ1n) is 7.91. The van der Waals surface area contributed by atoms with Crippen LogP contribution in [0.3, 0.4) is 0 Å². The number of para-hydroxylation sites is 1. The zero-order chi connectivity index (χ0) is 17.2. The van der Waals surface area contributed by atoms with Gasteiger partial charge in [-0.25, -0.2) is 8.42 Å². The molecule has 2 atom stereocenters. The largest absolute Gasteiger partial charge is 0.352 e. The van der Waals surface area contributed by atoms with Gasteiger partial charge in [-0.1, -0.05) is 43.3 Å². The summed E-state index contributed by atoms with van der Waals surface area (Å²) in [6.45, 7) is 2.35. The Hall–Kier alpha value is -2.34. The highest BCUT2D eigenvalue weighted by Gasteiger charge is 2.38. The molecular weight excluding hydrogens is 324 g/mol. The molecule has 0 bridgehead atoms. The van der Waals surface area contributed by atoms with E-state index in [1.807, 2.05) is 13.0 Å². The van der Waals surface area contributed by atoms with E-state index in [-0.39, 0.29) is 16.7 Å². The molecule has 0 aromatic heterocycles. The first-order valence-corrected chi connectivity index (χ1v) is 9.39. The van der Waals surface area contributed by atoms with Crippen LogP contribution in [0.1, 0.15) is 18.9 Å². The molecule has 24 heavy (non-hydrogen) atoms. The maximum atomic E-state index is 12.5. The van der Waals surface area contributed by atoms with E-state index in [9.17, 15) is 13.2 Å². The van der Waals surface area contributed by atoms with Crippen LogP contribution in [0, 0.1) is 11.8 Å². The lowest BCUT2D eigenvalue weighted by molar-refractivity contribution is -0.122. The standard InChI is InChI=1S/C18H20N2O3S/c1-13-11-16(13)18(21)19-12-14-7-5-6-10-17(14)20-24(22,23)15-8-3-2-4-9-15/h2-10,13,16,20H,11-12H2,1H3,(H,19,21)/t13-,16+/m1/s1. The van der Waals surface area contributed by atoms with Gasteiger partial charge >= 0.3 is 0 Å². The number of amides is 1. The Bertz CT molecular complexity index is 834. The topological polar surface area (TPSA) is 75.3 Å². The van der Waals surface area contributed by atoms with Crippen molar-refractivity contribution in [2.24, 2.45) is 11.8 Å². The number of hydrogen-bond acceptors (Lipinski definition) is 3. The Kier molecular flexibility index (Phi) is 4.57. The monoisotopic (exact) mass is 344 g/mol. The molecule has 6 heteroatoms. The second kappa shape index (κ2) is 6.65. The fourth-order valence-electron chi connectivity index (χ4n) is 2.58. The number of hydrogen-bond donors (Lipinski definition) is 2. The Morgan fingerprint density at radius 2 is 1.71 bits per heavy atom. The molecule has 0 radical (unpaired) electrons. The lowest BCUT2D eigenvalue weighted by atomic mass is 10.2. The lowest BCUT2D eigenvalue weighted by Crippen LogP contribution is -2.25. The number of benzene rings is 2. The van der Waals surface area contributed by atoms with E-state index in [1.54, 1.807) is 48.5 Å². The van der Waals surface area contributed by atoms with E-state index in [0.29, 0.717) is 18.2 Å². The van der Waals surface area contributed by atoms with Crippen LogP contribution in [0.5, 0.6) is 0 Å². The first-order chi connectivity index (χ1) is 11.5. The fourth-order valence-corrected chi connectivity index (χ4v) is 3.70. The maximum absolute atomic E-state index is 12.5. The molecule has 1 saturated carbocycles. The summed E-state index contributed by atoms with van der Waals surface area (Å²) in [5, 5.41) is 2.88. The minimum Gasteiger partial charge on any atom is -0.352 e. The van der Waals surface area contributed by atoms with Crippen LogP contribution >= 0.6 is 0 Å². The van der Waals surface area contributed by atoms with Crippen molar-refractivity contribution in [1.82, 2.24) is 5.32 Å². The van der Waals surface area contributed by atoms with Gasteiger partial charge in [-0.15, -0.1) is 0 Å². The highest BCUT2D eigenvalue weighted by molar-refractivity contribution is 7.92. The van der Waals surface area contributed by atoms with Gasteiger partial charge in [0.2, 0.25) is 5.91 Å². The van der Waals surface area contributed by atoms with Crippen molar-refractivity contribution in [3.63, 3.8) is 0 Å². The molecule has 0 spiro atoms. The summed E-state index contributed by atoms with van der Waals surface area (Å²) in [5.41, 5.74) is 1.21. The molecule has 5 nitrogen and oxygen atoms in total. The molecular formula is C18H20N2O3S. The molecule has 1 aliphatic rings. The minimum atomic E-state index is -3.65. The Morgan fingerprint density at radius 3 is 2.38 bits per heavy atom. The highest BCUT2D eigenvalue weighted by Crippen LogP contribution is 2.37. The molecule has 0 unspecified atom stereocenters. The van der Waals surface area contributed by atoms with Gasteiger partial charge in [0.25, 0.3) is 10.0 Å². The van der Waals surface area contributed by atoms with Crippen molar-refractivity contribution in [2.75, 3.05) is 4.72 Å². The minimum absolute atomic E-state index is 0.0308. The van der Waals surface area contributed by atoms with Crippen LogP contribution in [-0.4, -0.2) is 14.3 Å². The van der Waals surface area contributed by atoms with E-state index in [1.165, 1.54) is 0 Å². The number of anilines is 1. The van der Waals surface area contributed by atoms with E-state index >= 15 is 0 Å². The van der Waals surface area contributed by atoms with E-state index in [0.717, 1.165) is 12.0 Å². The number of carbonyl (C=O) groups excluding carboxylic acids is 1. The molecule has 2 aromatic carbocycles. The highest BCUT2D eigenvalue weighted by atomic mass is 32.2. The number of sulfonamides is 1. The Morgan fingerprint density at radius 1 is 1.08 bits per heavy atom. The molecule has 2 aromatic rings. The van der Waals surface area contributed by atoms with Gasteiger partial charge in [0.15, 0.2) is 0 Å². The summed E-state index contributed by atoms with van der Waals surface area (Å²) in [5.74, 6) is 0.568. The average Bonchev–Trinajstić information content (AvgIpc) is 3.31. The van der Waals surface area contributed by atoms with Gasteiger partial charge in [0, 0.05) is 12.5 Å². The molecule has 1 aliphatic carbocycles. The zero-order valence-electron chi connectivity index (χ0n) is 13.4. The summed E-state index contributed by atoms with van der Waals surface area (Å²) in [6, 6.07) is 15.3. The van der Waals surface area contributed by atoms with Crippen molar-refractivity contribution in [1.29, 1.82) is 0 Å². The normalized spacial score (nSPS) is 19.5. The van der Waals surface area contributed by atoms with Gasteiger partial charge in [0.05, 0.1) is 10.6 Å². The van der Waals surface area contributed by atoms with E-state index < -0.39 is 10.0 Å². The SMILES string of the molecule is C[C@@H]1C[C@@H]1C(=O)NCc1ccccc1NS(=O)(=O)c1ccccc1. The summed E-state index contributed by atoms with van der Waals surface area (Å²) in [7, 11) is -3.65. The van der Waals surface area contributed by atoms with Crippen LogP contribution in [0.25, 0.3) is 0 Å². The van der Waals surface area contributed by atoms with E-state index in [4.69, 9.17) is 0 Å². The summed E-state index contributed by atoms with van der Waals surface area (Å²) in [4.78, 5) is 12.2. The van der Waals surface area contributed by atoms with Crippen LogP contribution < -0.4 is 10.0 Å². The number of rotatable bonds is 6. The second-order valence-corrected chi connectivity index (χ2v) is 7.80.